The third kappa shape index (κ3) is 16.1. The van der Waals surface area contributed by atoms with E-state index in [2.05, 4.69) is 16.0 Å². The molecule has 37 heavy (non-hydrogen) atoms. The minimum absolute atomic E-state index is 0.242. The summed E-state index contributed by atoms with van der Waals surface area (Å²) in [6, 6.07) is -1.88. The van der Waals surface area contributed by atoms with Gasteiger partial charge in [0.1, 0.15) is 17.5 Å². The predicted octanol–water partition coefficient (Wildman–Crippen LogP) is 2.56. The molecular formula is C26H51N5O6. The molecular weight excluding hydrogens is 478 g/mol. The second-order valence-electron chi connectivity index (χ2n) is 11.9. The molecule has 4 atom stereocenters. The van der Waals surface area contributed by atoms with Gasteiger partial charge in [-0.05, 0) is 80.7 Å². The first-order valence-corrected chi connectivity index (χ1v) is 13.0. The Kier molecular flexibility index (Phi) is 14.7. The zero-order valence-electron chi connectivity index (χ0n) is 24.5. The van der Waals surface area contributed by atoms with Crippen LogP contribution in [0.1, 0.15) is 81.6 Å². The summed E-state index contributed by atoms with van der Waals surface area (Å²) in [5.41, 5.74) is 4.85. The maximum atomic E-state index is 12.8. The molecule has 11 heteroatoms. The van der Waals surface area contributed by atoms with Gasteiger partial charge in [-0.15, -0.1) is 0 Å². The summed E-state index contributed by atoms with van der Waals surface area (Å²) in [5.74, 6) is -0.0319. The molecule has 11 nitrogen and oxygen atoms in total. The van der Waals surface area contributed by atoms with Crippen molar-refractivity contribution >= 4 is 24.4 Å². The van der Waals surface area contributed by atoms with E-state index in [4.69, 9.17) is 15.2 Å². The van der Waals surface area contributed by atoms with E-state index in [1.54, 1.807) is 48.6 Å². The maximum Gasteiger partial charge on any atom is 0.407 e. The van der Waals surface area contributed by atoms with E-state index >= 15 is 0 Å². The van der Waals surface area contributed by atoms with Gasteiger partial charge in [0.05, 0.1) is 12.1 Å². The van der Waals surface area contributed by atoms with Crippen LogP contribution in [-0.2, 0) is 19.1 Å². The van der Waals surface area contributed by atoms with Gasteiger partial charge in [-0.2, -0.15) is 0 Å². The molecule has 0 aliphatic carbocycles. The van der Waals surface area contributed by atoms with Crippen molar-refractivity contribution in [3.63, 3.8) is 0 Å². The minimum atomic E-state index is -0.668. The van der Waals surface area contributed by atoms with Gasteiger partial charge >= 0.3 is 12.2 Å². The Bertz CT molecular complexity index is 732. The fourth-order valence-corrected chi connectivity index (χ4v) is 3.57. The van der Waals surface area contributed by atoms with Crippen molar-refractivity contribution in [3.05, 3.63) is 0 Å². The summed E-state index contributed by atoms with van der Waals surface area (Å²) in [5, 5.41) is 8.38. The number of amides is 3. The van der Waals surface area contributed by atoms with E-state index in [9.17, 15) is 19.2 Å². The van der Waals surface area contributed by atoms with Crippen molar-refractivity contribution in [1.29, 1.82) is 0 Å². The van der Waals surface area contributed by atoms with Crippen LogP contribution in [0.5, 0.6) is 0 Å². The normalized spacial score (nSPS) is 15.4. The Morgan fingerprint density at radius 1 is 0.892 bits per heavy atom. The molecule has 0 aromatic heterocycles. The van der Waals surface area contributed by atoms with Crippen LogP contribution in [-0.4, -0.2) is 84.8 Å². The molecule has 0 radical (unpaired) electrons. The second-order valence-corrected chi connectivity index (χ2v) is 11.9. The van der Waals surface area contributed by atoms with E-state index in [0.717, 1.165) is 6.29 Å². The van der Waals surface area contributed by atoms with Crippen molar-refractivity contribution in [2.75, 3.05) is 20.1 Å². The first-order valence-electron chi connectivity index (χ1n) is 13.0. The molecule has 216 valence electrons. The standard InChI is InChI=1S/C26H51N5O6/c1-17(2)15-20(27)22(33)30-21(12-14-29-24(35)37-26(7,8)9)18(3)31(10)19(16-32)11-13-28-23(34)36-25(4,5)6/h16-21H,11-15,27H2,1-10H3,(H,28,34)(H,29,35)(H,30,33)/t18?,19-,20-,21-/m0/s1. The van der Waals surface area contributed by atoms with Crippen molar-refractivity contribution in [2.24, 2.45) is 11.7 Å². The highest BCUT2D eigenvalue weighted by molar-refractivity contribution is 5.81. The molecule has 0 fully saturated rings. The molecule has 0 saturated heterocycles. The number of carbonyl (C=O) groups is 4. The quantitative estimate of drug-likeness (QED) is 0.251. The Morgan fingerprint density at radius 3 is 1.76 bits per heavy atom. The number of likely N-dealkylation sites (N-methyl/N-ethyl adjacent to an activating group) is 1. The van der Waals surface area contributed by atoms with Gasteiger partial charge in [0.25, 0.3) is 0 Å². The van der Waals surface area contributed by atoms with Gasteiger partial charge in [-0.3, -0.25) is 9.69 Å². The van der Waals surface area contributed by atoms with Gasteiger partial charge in [-0.25, -0.2) is 9.59 Å². The fourth-order valence-electron chi connectivity index (χ4n) is 3.57. The first-order chi connectivity index (χ1) is 16.9. The molecule has 0 aliphatic rings. The number of hydrogen-bond acceptors (Lipinski definition) is 8. The molecule has 0 aromatic rings. The van der Waals surface area contributed by atoms with Crippen LogP contribution < -0.4 is 21.7 Å². The van der Waals surface area contributed by atoms with Crippen molar-refractivity contribution in [2.45, 2.75) is 117 Å². The largest absolute Gasteiger partial charge is 0.444 e. The van der Waals surface area contributed by atoms with E-state index in [1.165, 1.54) is 0 Å². The number of rotatable bonds is 14. The molecule has 5 N–H and O–H groups in total. The number of nitrogens with two attached hydrogens (primary N) is 1. The van der Waals surface area contributed by atoms with Crippen LogP contribution in [0.2, 0.25) is 0 Å². The highest BCUT2D eigenvalue weighted by Crippen LogP contribution is 2.13. The average molecular weight is 530 g/mol. The second kappa shape index (κ2) is 15.8. The number of alkyl carbamates (subject to hydrolysis) is 2. The van der Waals surface area contributed by atoms with Gasteiger partial charge in [0, 0.05) is 25.2 Å². The van der Waals surface area contributed by atoms with Crippen LogP contribution in [0.3, 0.4) is 0 Å². The first kappa shape index (κ1) is 34.6. The topological polar surface area (TPSA) is 152 Å². The summed E-state index contributed by atoms with van der Waals surface area (Å²) in [6.45, 7) is 17.0. The maximum absolute atomic E-state index is 12.8. The third-order valence-corrected chi connectivity index (χ3v) is 5.53. The molecule has 0 spiro atoms. The molecule has 0 bridgehead atoms. The van der Waals surface area contributed by atoms with Gasteiger partial charge in [0.15, 0.2) is 0 Å². The van der Waals surface area contributed by atoms with Crippen LogP contribution >= 0.6 is 0 Å². The van der Waals surface area contributed by atoms with Gasteiger partial charge < -0.3 is 36.0 Å². The Labute approximate surface area is 222 Å². The van der Waals surface area contributed by atoms with Crippen LogP contribution in [0, 0.1) is 5.92 Å². The Morgan fingerprint density at radius 2 is 1.35 bits per heavy atom. The van der Waals surface area contributed by atoms with Crippen LogP contribution in [0.15, 0.2) is 0 Å². The highest BCUT2D eigenvalue weighted by Gasteiger charge is 2.29. The lowest BCUT2D eigenvalue weighted by atomic mass is 10.00. The monoisotopic (exact) mass is 529 g/mol. The Balaban J connectivity index is 5.28. The number of carbonyl (C=O) groups excluding carboxylic acids is 4. The molecule has 0 aromatic carbocycles. The molecule has 3 amide bonds. The lowest BCUT2D eigenvalue weighted by molar-refractivity contribution is -0.124. The summed E-state index contributed by atoms with van der Waals surface area (Å²) in [6.07, 6.45) is 1.00. The molecule has 0 rings (SSSR count). The van der Waals surface area contributed by atoms with Crippen molar-refractivity contribution < 1.29 is 28.7 Å². The number of aldehydes is 1. The van der Waals surface area contributed by atoms with E-state index < -0.39 is 41.5 Å². The SMILES string of the molecule is CC(C)C[C@H](N)C(=O)N[C@@H](CCNC(=O)OC(C)(C)C)C(C)N(C)[C@H](C=O)CCNC(=O)OC(C)(C)C. The smallest absolute Gasteiger partial charge is 0.407 e. The predicted molar refractivity (Wildman–Crippen MR) is 144 cm³/mol. The third-order valence-electron chi connectivity index (χ3n) is 5.53. The zero-order valence-corrected chi connectivity index (χ0v) is 24.5. The van der Waals surface area contributed by atoms with E-state index in [1.807, 2.05) is 25.7 Å². The van der Waals surface area contributed by atoms with E-state index in [-0.39, 0.29) is 31.0 Å². The summed E-state index contributed by atoms with van der Waals surface area (Å²) in [7, 11) is 1.78. The Hall–Kier alpha value is -2.40. The number of nitrogens with zero attached hydrogens (tertiary/aromatic N) is 1. The highest BCUT2D eigenvalue weighted by atomic mass is 16.6. The van der Waals surface area contributed by atoms with Crippen molar-refractivity contribution in [1.82, 2.24) is 20.9 Å². The van der Waals surface area contributed by atoms with Crippen molar-refractivity contribution in [3.8, 4) is 0 Å². The van der Waals surface area contributed by atoms with Gasteiger partial charge in [-0.1, -0.05) is 13.8 Å². The fraction of sp³-hybridized carbons (Fsp3) is 0.846. The lowest BCUT2D eigenvalue weighted by Crippen LogP contribution is -2.56. The average Bonchev–Trinajstić information content (AvgIpc) is 2.71. The molecule has 0 heterocycles. The van der Waals surface area contributed by atoms with Crippen LogP contribution in [0.25, 0.3) is 0 Å². The van der Waals surface area contributed by atoms with Gasteiger partial charge in [0.2, 0.25) is 5.91 Å². The molecule has 0 aliphatic heterocycles. The lowest BCUT2D eigenvalue weighted by Gasteiger charge is -2.36. The number of hydrogen-bond donors (Lipinski definition) is 4. The summed E-state index contributed by atoms with van der Waals surface area (Å²) in [4.78, 5) is 50.5. The minimum Gasteiger partial charge on any atom is -0.444 e. The zero-order chi connectivity index (χ0) is 29.0. The number of nitrogens with one attached hydrogen (secondary N) is 3. The molecule has 1 unspecified atom stereocenters. The number of ether oxygens (including phenoxy) is 2. The summed E-state index contributed by atoms with van der Waals surface area (Å²) >= 11 is 0. The van der Waals surface area contributed by atoms with Crippen LogP contribution in [0.4, 0.5) is 9.59 Å². The summed E-state index contributed by atoms with van der Waals surface area (Å²) < 4.78 is 10.5. The molecule has 0 saturated carbocycles. The van der Waals surface area contributed by atoms with E-state index in [0.29, 0.717) is 19.3 Å².